The molecule has 2 heterocycles. The maximum atomic E-state index is 11.0. The van der Waals surface area contributed by atoms with Crippen molar-refractivity contribution in [1.29, 1.82) is 0 Å². The predicted molar refractivity (Wildman–Crippen MR) is 69.4 cm³/mol. The summed E-state index contributed by atoms with van der Waals surface area (Å²) < 4.78 is 0. The number of nitrogens with two attached hydrogens (primary N) is 1. The van der Waals surface area contributed by atoms with Crippen molar-refractivity contribution in [3.8, 4) is 0 Å². The lowest BCUT2D eigenvalue weighted by molar-refractivity contribution is 0.1000. The summed E-state index contributed by atoms with van der Waals surface area (Å²) in [7, 11) is 0. The van der Waals surface area contributed by atoms with E-state index in [-0.39, 0.29) is 12.6 Å². The standard InChI is InChI=1S/C13H19N3O2/c14-13(18)10-5-6-12(15-8-10)16-7-3-1-2-4-11(16)9-17/h5-6,8,11,17H,1-4,7,9H2,(H2,14,18). The molecule has 98 valence electrons. The molecule has 5 heteroatoms. The molecule has 3 N–H and O–H groups in total. The predicted octanol–water partition coefficient (Wildman–Crippen LogP) is 0.922. The lowest BCUT2D eigenvalue weighted by Crippen LogP contribution is -2.38. The van der Waals surface area contributed by atoms with Gasteiger partial charge in [0, 0.05) is 12.7 Å². The summed E-state index contributed by atoms with van der Waals surface area (Å²) in [4.78, 5) is 17.4. The number of nitrogens with zero attached hydrogens (tertiary/aromatic N) is 2. The number of carbonyl (C=O) groups excluding carboxylic acids is 1. The zero-order valence-electron chi connectivity index (χ0n) is 10.4. The zero-order chi connectivity index (χ0) is 13.0. The number of primary amides is 1. The number of carbonyl (C=O) groups is 1. The van der Waals surface area contributed by atoms with Gasteiger partial charge in [0.05, 0.1) is 18.2 Å². The number of rotatable bonds is 3. The number of aliphatic hydroxyl groups excluding tert-OH is 1. The Bertz CT molecular complexity index is 405. The van der Waals surface area contributed by atoms with Crippen LogP contribution in [0.3, 0.4) is 0 Å². The van der Waals surface area contributed by atoms with E-state index in [1.165, 1.54) is 12.6 Å². The lowest BCUT2D eigenvalue weighted by atomic mass is 10.1. The van der Waals surface area contributed by atoms with Crippen LogP contribution in [0.25, 0.3) is 0 Å². The molecule has 1 unspecified atom stereocenters. The van der Waals surface area contributed by atoms with Crippen LogP contribution in [-0.4, -0.2) is 35.2 Å². The first kappa shape index (κ1) is 12.8. The van der Waals surface area contributed by atoms with Crippen LogP contribution in [0.4, 0.5) is 5.82 Å². The Morgan fingerprint density at radius 2 is 2.28 bits per heavy atom. The van der Waals surface area contributed by atoms with Gasteiger partial charge in [-0.05, 0) is 25.0 Å². The molecule has 0 aliphatic carbocycles. The fraction of sp³-hybridized carbons (Fsp3) is 0.538. The molecule has 0 bridgehead atoms. The second kappa shape index (κ2) is 5.82. The molecule has 1 aliphatic rings. The highest BCUT2D eigenvalue weighted by Gasteiger charge is 2.21. The number of amides is 1. The summed E-state index contributed by atoms with van der Waals surface area (Å²) in [5, 5.41) is 9.45. The number of hydrogen-bond acceptors (Lipinski definition) is 4. The number of anilines is 1. The minimum Gasteiger partial charge on any atom is -0.394 e. The Balaban J connectivity index is 2.19. The summed E-state index contributed by atoms with van der Waals surface area (Å²) in [5.74, 6) is 0.338. The van der Waals surface area contributed by atoms with Crippen LogP contribution in [0.1, 0.15) is 36.0 Å². The topological polar surface area (TPSA) is 79.5 Å². The van der Waals surface area contributed by atoms with Crippen LogP contribution in [0.5, 0.6) is 0 Å². The zero-order valence-corrected chi connectivity index (χ0v) is 10.4. The average molecular weight is 249 g/mol. The quantitative estimate of drug-likeness (QED) is 0.835. The van der Waals surface area contributed by atoms with Gasteiger partial charge in [0.1, 0.15) is 5.82 Å². The second-order valence-corrected chi connectivity index (χ2v) is 4.65. The van der Waals surface area contributed by atoms with E-state index in [4.69, 9.17) is 5.73 Å². The highest BCUT2D eigenvalue weighted by molar-refractivity contribution is 5.92. The van der Waals surface area contributed by atoms with Crippen molar-refractivity contribution < 1.29 is 9.90 Å². The molecule has 18 heavy (non-hydrogen) atoms. The summed E-state index contributed by atoms with van der Waals surface area (Å²) in [6.45, 7) is 1.04. The molecule has 2 rings (SSSR count). The minimum atomic E-state index is -0.469. The first-order valence-corrected chi connectivity index (χ1v) is 6.35. The van der Waals surface area contributed by atoms with Crippen molar-refractivity contribution in [3.05, 3.63) is 23.9 Å². The Morgan fingerprint density at radius 3 is 2.89 bits per heavy atom. The molecule has 5 nitrogen and oxygen atoms in total. The molecule has 0 saturated carbocycles. The summed E-state index contributed by atoms with van der Waals surface area (Å²) in [5.41, 5.74) is 5.60. The molecule has 1 aromatic heterocycles. The van der Waals surface area contributed by atoms with Gasteiger partial charge in [-0.25, -0.2) is 4.98 Å². The van der Waals surface area contributed by atoms with E-state index in [2.05, 4.69) is 9.88 Å². The van der Waals surface area contributed by atoms with Gasteiger partial charge < -0.3 is 15.7 Å². The van der Waals surface area contributed by atoms with Crippen molar-refractivity contribution in [1.82, 2.24) is 4.98 Å². The van der Waals surface area contributed by atoms with Gasteiger partial charge in [0.2, 0.25) is 5.91 Å². The Labute approximate surface area is 107 Å². The smallest absolute Gasteiger partial charge is 0.250 e. The molecule has 1 amide bonds. The van der Waals surface area contributed by atoms with Crippen LogP contribution in [0.15, 0.2) is 18.3 Å². The molecule has 1 aliphatic heterocycles. The highest BCUT2D eigenvalue weighted by Crippen LogP contribution is 2.22. The maximum absolute atomic E-state index is 11.0. The van der Waals surface area contributed by atoms with Gasteiger partial charge in [-0.3, -0.25) is 4.79 Å². The number of aromatic nitrogens is 1. The van der Waals surface area contributed by atoms with Gasteiger partial charge in [-0.1, -0.05) is 12.8 Å². The normalized spacial score (nSPS) is 20.5. The summed E-state index contributed by atoms with van der Waals surface area (Å²) in [6, 6.07) is 3.61. The van der Waals surface area contributed by atoms with Gasteiger partial charge in [-0.15, -0.1) is 0 Å². The van der Waals surface area contributed by atoms with E-state index in [0.29, 0.717) is 5.56 Å². The number of pyridine rings is 1. The summed E-state index contributed by atoms with van der Waals surface area (Å²) in [6.07, 6.45) is 5.91. The van der Waals surface area contributed by atoms with Crippen LogP contribution in [-0.2, 0) is 0 Å². The van der Waals surface area contributed by atoms with Crippen molar-refractivity contribution in [3.63, 3.8) is 0 Å². The third-order valence-corrected chi connectivity index (χ3v) is 3.41. The fourth-order valence-corrected chi connectivity index (χ4v) is 2.37. The maximum Gasteiger partial charge on any atom is 0.250 e. The van der Waals surface area contributed by atoms with Crippen LogP contribution in [0, 0.1) is 0 Å². The Kier molecular flexibility index (Phi) is 4.15. The summed E-state index contributed by atoms with van der Waals surface area (Å²) >= 11 is 0. The van der Waals surface area contributed by atoms with E-state index >= 15 is 0 Å². The van der Waals surface area contributed by atoms with Crippen molar-refractivity contribution in [2.45, 2.75) is 31.7 Å². The largest absolute Gasteiger partial charge is 0.394 e. The van der Waals surface area contributed by atoms with Gasteiger partial charge in [0.25, 0.3) is 0 Å². The monoisotopic (exact) mass is 249 g/mol. The SMILES string of the molecule is NC(=O)c1ccc(N2CCCCCC2CO)nc1. The van der Waals surface area contributed by atoms with Crippen molar-refractivity contribution in [2.75, 3.05) is 18.1 Å². The highest BCUT2D eigenvalue weighted by atomic mass is 16.3. The molecule has 1 saturated heterocycles. The molecule has 0 spiro atoms. The molecule has 1 aromatic rings. The van der Waals surface area contributed by atoms with E-state index < -0.39 is 5.91 Å². The molecule has 1 atom stereocenters. The van der Waals surface area contributed by atoms with E-state index in [1.54, 1.807) is 12.1 Å². The molecular formula is C13H19N3O2. The fourth-order valence-electron chi connectivity index (χ4n) is 2.37. The third kappa shape index (κ3) is 2.79. The Hall–Kier alpha value is -1.62. The van der Waals surface area contributed by atoms with Crippen molar-refractivity contribution >= 4 is 11.7 Å². The number of hydrogen-bond donors (Lipinski definition) is 2. The van der Waals surface area contributed by atoms with E-state index in [9.17, 15) is 9.90 Å². The molecule has 0 aromatic carbocycles. The lowest BCUT2D eigenvalue weighted by Gasteiger charge is -2.29. The second-order valence-electron chi connectivity index (χ2n) is 4.65. The minimum absolute atomic E-state index is 0.124. The van der Waals surface area contributed by atoms with E-state index in [1.807, 2.05) is 0 Å². The van der Waals surface area contributed by atoms with Crippen molar-refractivity contribution in [2.24, 2.45) is 5.73 Å². The van der Waals surface area contributed by atoms with Crippen LogP contribution < -0.4 is 10.6 Å². The van der Waals surface area contributed by atoms with Gasteiger partial charge >= 0.3 is 0 Å². The van der Waals surface area contributed by atoms with E-state index in [0.717, 1.165) is 31.6 Å². The average Bonchev–Trinajstić information content (AvgIpc) is 2.63. The molecule has 1 fully saturated rings. The molecule has 0 radical (unpaired) electrons. The van der Waals surface area contributed by atoms with Gasteiger partial charge in [0.15, 0.2) is 0 Å². The third-order valence-electron chi connectivity index (χ3n) is 3.41. The first-order chi connectivity index (χ1) is 8.72. The first-order valence-electron chi connectivity index (χ1n) is 6.35. The van der Waals surface area contributed by atoms with Crippen LogP contribution >= 0.6 is 0 Å². The molecular weight excluding hydrogens is 230 g/mol. The Morgan fingerprint density at radius 1 is 1.44 bits per heavy atom. The van der Waals surface area contributed by atoms with Gasteiger partial charge in [-0.2, -0.15) is 0 Å². The van der Waals surface area contributed by atoms with Crippen LogP contribution in [0.2, 0.25) is 0 Å². The number of aliphatic hydroxyl groups is 1.